The molecule has 4 N–H and O–H groups in total. The minimum absolute atomic E-state index is 0.111. The SMILES string of the molecule is CN(CCOc1ccc(N2CCN(CCn3c(=O)n(C)c4c3nc(N)n3nc(-c5ccco5)nc43)CC2)c(F)c1)CC(N)=O. The third-order valence-electron chi connectivity index (χ3n) is 7.76. The first-order valence-electron chi connectivity index (χ1n) is 14.2. The second-order valence-corrected chi connectivity index (χ2v) is 10.8. The number of primary amides is 1. The van der Waals surface area contributed by atoms with E-state index in [0.29, 0.717) is 92.3 Å². The van der Waals surface area contributed by atoms with Crippen LogP contribution in [0.25, 0.3) is 28.4 Å². The average molecular weight is 608 g/mol. The van der Waals surface area contributed by atoms with E-state index >= 15 is 0 Å². The zero-order chi connectivity index (χ0) is 31.0. The van der Waals surface area contributed by atoms with E-state index in [1.54, 1.807) is 47.8 Å². The number of imidazole rings is 1. The van der Waals surface area contributed by atoms with Crippen LogP contribution in [0.4, 0.5) is 16.0 Å². The van der Waals surface area contributed by atoms with Crippen LogP contribution in [0, 0.1) is 5.82 Å². The first kappa shape index (κ1) is 29.1. The molecule has 1 amide bonds. The number of furan rings is 1. The lowest BCUT2D eigenvalue weighted by Gasteiger charge is -2.36. The van der Waals surface area contributed by atoms with Gasteiger partial charge in [-0.25, -0.2) is 14.2 Å². The van der Waals surface area contributed by atoms with Crippen LogP contribution >= 0.6 is 0 Å². The smallest absolute Gasteiger partial charge is 0.330 e. The molecule has 1 fully saturated rings. The van der Waals surface area contributed by atoms with E-state index < -0.39 is 5.91 Å². The van der Waals surface area contributed by atoms with E-state index in [0.717, 1.165) is 0 Å². The van der Waals surface area contributed by atoms with Crippen molar-refractivity contribution in [1.82, 2.24) is 38.5 Å². The van der Waals surface area contributed by atoms with Crippen molar-refractivity contribution in [3.05, 3.63) is 52.9 Å². The highest BCUT2D eigenvalue weighted by atomic mass is 19.1. The van der Waals surface area contributed by atoms with Gasteiger partial charge in [-0.15, -0.1) is 5.10 Å². The monoisotopic (exact) mass is 607 g/mol. The van der Waals surface area contributed by atoms with Gasteiger partial charge in [0, 0.05) is 58.9 Å². The number of hydrogen-bond acceptors (Lipinski definition) is 11. The highest BCUT2D eigenvalue weighted by Crippen LogP contribution is 2.26. The topological polar surface area (TPSA) is 171 Å². The van der Waals surface area contributed by atoms with Crippen LogP contribution < -0.4 is 26.8 Å². The van der Waals surface area contributed by atoms with Crippen molar-refractivity contribution in [2.24, 2.45) is 12.8 Å². The number of nitrogen functional groups attached to an aromatic ring is 1. The average Bonchev–Trinajstić information content (AvgIpc) is 3.72. The second kappa shape index (κ2) is 12.0. The maximum atomic E-state index is 15.0. The summed E-state index contributed by atoms with van der Waals surface area (Å²) < 4.78 is 30.6. The van der Waals surface area contributed by atoms with Gasteiger partial charge in [0.15, 0.2) is 17.1 Å². The quantitative estimate of drug-likeness (QED) is 0.213. The van der Waals surface area contributed by atoms with Gasteiger partial charge in [-0.1, -0.05) is 0 Å². The zero-order valence-corrected chi connectivity index (χ0v) is 24.5. The Morgan fingerprint density at radius 3 is 2.64 bits per heavy atom. The number of carbonyl (C=O) groups is 1. The molecule has 0 bridgehead atoms. The number of carbonyl (C=O) groups excluding carboxylic acids is 1. The minimum atomic E-state index is -0.415. The summed E-state index contributed by atoms with van der Waals surface area (Å²) in [6.45, 7) is 4.56. The molecule has 15 nitrogen and oxygen atoms in total. The van der Waals surface area contributed by atoms with Crippen molar-refractivity contribution in [1.29, 1.82) is 0 Å². The van der Waals surface area contributed by atoms with Gasteiger partial charge in [-0.3, -0.25) is 23.7 Å². The summed E-state index contributed by atoms with van der Waals surface area (Å²) in [5, 5.41) is 4.41. The Labute approximate surface area is 251 Å². The number of fused-ring (bicyclic) bond motifs is 3. The van der Waals surface area contributed by atoms with Crippen molar-refractivity contribution < 1.29 is 18.3 Å². The highest BCUT2D eigenvalue weighted by molar-refractivity contribution is 5.88. The number of piperazine rings is 1. The number of aryl methyl sites for hydroxylation is 1. The number of halogens is 1. The molecule has 0 aliphatic carbocycles. The lowest BCUT2D eigenvalue weighted by Crippen LogP contribution is -2.47. The van der Waals surface area contributed by atoms with E-state index in [9.17, 15) is 14.0 Å². The van der Waals surface area contributed by atoms with Crippen molar-refractivity contribution in [2.75, 3.05) is 70.1 Å². The fourth-order valence-corrected chi connectivity index (χ4v) is 5.45. The van der Waals surface area contributed by atoms with E-state index in [4.69, 9.17) is 20.6 Å². The van der Waals surface area contributed by atoms with Crippen LogP contribution in [0.1, 0.15) is 0 Å². The molecule has 0 saturated carbocycles. The molecule has 0 radical (unpaired) electrons. The maximum Gasteiger partial charge on any atom is 0.330 e. The molecule has 5 aromatic rings. The van der Waals surface area contributed by atoms with Gasteiger partial charge in [0.05, 0.1) is 18.5 Å². The van der Waals surface area contributed by atoms with E-state index in [1.165, 1.54) is 21.4 Å². The number of likely N-dealkylation sites (N-methyl/N-ethyl adjacent to an activating group) is 1. The third-order valence-corrected chi connectivity index (χ3v) is 7.76. The number of anilines is 2. The first-order chi connectivity index (χ1) is 21.2. The molecule has 232 valence electrons. The van der Waals surface area contributed by atoms with Crippen molar-refractivity contribution in [2.45, 2.75) is 6.54 Å². The van der Waals surface area contributed by atoms with Crippen molar-refractivity contribution >= 4 is 34.4 Å². The Kier molecular flexibility index (Phi) is 7.92. The van der Waals surface area contributed by atoms with Crippen LogP contribution in [0.3, 0.4) is 0 Å². The van der Waals surface area contributed by atoms with Gasteiger partial charge in [0.1, 0.15) is 23.7 Å². The van der Waals surface area contributed by atoms with Crippen molar-refractivity contribution in [3.8, 4) is 17.3 Å². The Balaban J connectivity index is 1.09. The van der Waals surface area contributed by atoms with Crippen LogP contribution in [0.5, 0.6) is 5.75 Å². The Bertz CT molecular complexity index is 1860. The number of hydrogen-bond donors (Lipinski definition) is 2. The number of rotatable bonds is 11. The maximum absolute atomic E-state index is 15.0. The normalized spacial score (nSPS) is 14.3. The summed E-state index contributed by atoms with van der Waals surface area (Å²) in [6.07, 6.45) is 1.53. The summed E-state index contributed by atoms with van der Waals surface area (Å²) >= 11 is 0. The molecule has 0 unspecified atom stereocenters. The predicted molar refractivity (Wildman–Crippen MR) is 161 cm³/mol. The molecule has 6 rings (SSSR count). The Hall–Kier alpha value is -4.96. The molecular formula is C28H34FN11O4. The molecule has 1 aromatic carbocycles. The van der Waals surface area contributed by atoms with Crippen LogP contribution in [0.2, 0.25) is 0 Å². The number of nitrogens with zero attached hydrogens (tertiary/aromatic N) is 9. The predicted octanol–water partition coefficient (Wildman–Crippen LogP) is 0.377. The number of amides is 1. The lowest BCUT2D eigenvalue weighted by molar-refractivity contribution is -0.118. The van der Waals surface area contributed by atoms with E-state index in [1.807, 2.05) is 4.90 Å². The van der Waals surface area contributed by atoms with Crippen molar-refractivity contribution in [3.63, 3.8) is 0 Å². The fourth-order valence-electron chi connectivity index (χ4n) is 5.45. The van der Waals surface area contributed by atoms with Gasteiger partial charge in [-0.05, 0) is 31.3 Å². The molecule has 0 spiro atoms. The molecular weight excluding hydrogens is 573 g/mol. The molecule has 44 heavy (non-hydrogen) atoms. The van der Waals surface area contributed by atoms with E-state index in [-0.39, 0.29) is 24.0 Å². The van der Waals surface area contributed by atoms with Crippen LogP contribution in [-0.4, -0.2) is 104 Å². The molecule has 1 saturated heterocycles. The Morgan fingerprint density at radius 2 is 1.93 bits per heavy atom. The van der Waals surface area contributed by atoms with Gasteiger partial charge >= 0.3 is 5.69 Å². The van der Waals surface area contributed by atoms with Gasteiger partial charge in [-0.2, -0.15) is 9.50 Å². The highest BCUT2D eigenvalue weighted by Gasteiger charge is 2.24. The summed E-state index contributed by atoms with van der Waals surface area (Å²) in [4.78, 5) is 39.3. The Morgan fingerprint density at radius 1 is 1.14 bits per heavy atom. The van der Waals surface area contributed by atoms with Gasteiger partial charge in [0.25, 0.3) is 0 Å². The van der Waals surface area contributed by atoms with Gasteiger partial charge in [0.2, 0.25) is 17.7 Å². The molecule has 1 aliphatic heterocycles. The van der Waals surface area contributed by atoms with Gasteiger partial charge < -0.3 is 25.5 Å². The summed E-state index contributed by atoms with van der Waals surface area (Å²) in [6, 6.07) is 8.33. The largest absolute Gasteiger partial charge is 0.492 e. The molecule has 1 aliphatic rings. The standard InChI is InChI=1S/C28H34FN11O4/c1-35(17-22(30)41)13-15-43-18-5-6-20(19(29)16-18)38-10-7-37(8-11-38)9-12-39-25-23(36(2)28(39)42)26-32-24(21-4-3-14-44-21)34-40(26)27(31)33-25/h3-6,14,16H,7-13,15,17H2,1-2H3,(H2,30,41)(H2,31,33). The lowest BCUT2D eigenvalue weighted by atomic mass is 10.2. The molecule has 0 atom stereocenters. The molecule has 16 heteroatoms. The molecule has 5 heterocycles. The minimum Gasteiger partial charge on any atom is -0.492 e. The number of benzene rings is 1. The zero-order valence-electron chi connectivity index (χ0n) is 24.5. The van der Waals surface area contributed by atoms with Crippen LogP contribution in [-0.2, 0) is 18.4 Å². The first-order valence-corrected chi connectivity index (χ1v) is 14.2. The number of nitrogens with two attached hydrogens (primary N) is 2. The summed E-state index contributed by atoms with van der Waals surface area (Å²) in [5.41, 5.74) is 13.1. The summed E-state index contributed by atoms with van der Waals surface area (Å²) in [5.74, 6) is 0.588. The summed E-state index contributed by atoms with van der Waals surface area (Å²) in [7, 11) is 3.44. The molecule has 4 aromatic heterocycles. The second-order valence-electron chi connectivity index (χ2n) is 10.8. The number of aromatic nitrogens is 6. The van der Waals surface area contributed by atoms with Crippen LogP contribution in [0.15, 0.2) is 45.8 Å². The third kappa shape index (κ3) is 5.68. The fraction of sp³-hybridized carbons (Fsp3) is 0.393. The van der Waals surface area contributed by atoms with E-state index in [2.05, 4.69) is 20.0 Å². The number of ether oxygens (including phenoxy) is 1.